The van der Waals surface area contributed by atoms with E-state index >= 15 is 0 Å². The van der Waals surface area contributed by atoms with Crippen LogP contribution in [0.2, 0.25) is 0 Å². The molecule has 0 spiro atoms. The minimum absolute atomic E-state index is 0.0747. The molecular weight excluding hydrogens is 488 g/mol. The summed E-state index contributed by atoms with van der Waals surface area (Å²) in [4.78, 5) is 19.1. The van der Waals surface area contributed by atoms with Crippen molar-refractivity contribution in [1.29, 1.82) is 0 Å². The first-order valence-corrected chi connectivity index (χ1v) is 10.6. The third-order valence-corrected chi connectivity index (χ3v) is 6.67. The van der Waals surface area contributed by atoms with E-state index in [1.54, 1.807) is 15.9 Å². The smallest absolute Gasteiger partial charge is 0.266 e. The lowest BCUT2D eigenvalue weighted by atomic mass is 10.2. The molecule has 0 amide bonds. The van der Waals surface area contributed by atoms with E-state index in [2.05, 4.69) is 31.9 Å². The molecule has 27 heavy (non-hydrogen) atoms. The number of hydrogen-bond donors (Lipinski definition) is 0. The third-order valence-electron chi connectivity index (χ3n) is 4.19. The number of nitrogens with zero attached hydrogens (tertiary/aromatic N) is 2. The number of benzene rings is 2. The fourth-order valence-corrected chi connectivity index (χ4v) is 4.43. The molecule has 2 aromatic carbocycles. The van der Waals surface area contributed by atoms with Crippen molar-refractivity contribution in [2.45, 2.75) is 6.92 Å². The number of halogens is 2. The predicted molar refractivity (Wildman–Crippen MR) is 121 cm³/mol. The molecule has 134 valence electrons. The highest BCUT2D eigenvalue weighted by Gasteiger charge is 2.12. The van der Waals surface area contributed by atoms with Crippen LogP contribution in [0.5, 0.6) is 0 Å². The largest absolute Gasteiger partial charge is 0.268 e. The van der Waals surface area contributed by atoms with Crippen LogP contribution < -0.4 is 5.56 Å². The summed E-state index contributed by atoms with van der Waals surface area (Å²) in [7, 11) is 0. The van der Waals surface area contributed by atoms with Gasteiger partial charge in [-0.15, -0.1) is 11.3 Å². The van der Waals surface area contributed by atoms with Crippen molar-refractivity contribution >= 4 is 66.3 Å². The fraction of sp³-hybridized carbons (Fsp3) is 0.0476. The van der Waals surface area contributed by atoms with Crippen molar-refractivity contribution < 1.29 is 0 Å². The molecule has 2 heterocycles. The summed E-state index contributed by atoms with van der Waals surface area (Å²) in [6.45, 7) is 2.01. The van der Waals surface area contributed by atoms with Crippen LogP contribution in [0.1, 0.15) is 16.3 Å². The first-order valence-electron chi connectivity index (χ1n) is 8.25. The van der Waals surface area contributed by atoms with Crippen LogP contribution in [0.3, 0.4) is 0 Å². The van der Waals surface area contributed by atoms with Crippen LogP contribution in [-0.4, -0.2) is 9.55 Å². The average molecular weight is 502 g/mol. The Morgan fingerprint density at radius 3 is 2.59 bits per heavy atom. The van der Waals surface area contributed by atoms with Crippen LogP contribution in [0.15, 0.2) is 67.7 Å². The Morgan fingerprint density at radius 1 is 1.04 bits per heavy atom. The molecule has 0 bridgehead atoms. The number of para-hydroxylation sites is 1. The Hall–Kier alpha value is -2.02. The van der Waals surface area contributed by atoms with E-state index in [1.165, 1.54) is 0 Å². The van der Waals surface area contributed by atoms with Gasteiger partial charge in [-0.25, -0.2) is 4.98 Å². The molecule has 2 aromatic heterocycles. The summed E-state index contributed by atoms with van der Waals surface area (Å²) in [5, 5.41) is 0.606. The van der Waals surface area contributed by atoms with E-state index in [-0.39, 0.29) is 5.56 Å². The van der Waals surface area contributed by atoms with Crippen LogP contribution in [0.25, 0.3) is 28.7 Å². The summed E-state index contributed by atoms with van der Waals surface area (Å²) in [5.41, 5.74) is 2.48. The minimum Gasteiger partial charge on any atom is -0.268 e. The monoisotopic (exact) mass is 500 g/mol. The van der Waals surface area contributed by atoms with Crippen molar-refractivity contribution in [3.05, 3.63) is 89.5 Å². The molecule has 0 saturated heterocycles. The van der Waals surface area contributed by atoms with Crippen LogP contribution >= 0.6 is 43.2 Å². The molecule has 0 atom stereocenters. The van der Waals surface area contributed by atoms with Crippen LogP contribution in [0, 0.1) is 6.92 Å². The Morgan fingerprint density at radius 2 is 1.85 bits per heavy atom. The van der Waals surface area contributed by atoms with Crippen molar-refractivity contribution in [2.75, 3.05) is 0 Å². The highest BCUT2D eigenvalue weighted by molar-refractivity contribution is 9.11. The van der Waals surface area contributed by atoms with Crippen molar-refractivity contribution in [3.63, 3.8) is 0 Å². The first kappa shape index (κ1) is 18.3. The summed E-state index contributed by atoms with van der Waals surface area (Å²) >= 11 is 8.63. The lowest BCUT2D eigenvalue weighted by Gasteiger charge is -2.12. The second-order valence-electron chi connectivity index (χ2n) is 6.04. The molecule has 0 fully saturated rings. The van der Waals surface area contributed by atoms with Gasteiger partial charge in [0.25, 0.3) is 5.56 Å². The molecule has 0 aliphatic carbocycles. The summed E-state index contributed by atoms with van der Waals surface area (Å²) in [6.07, 6.45) is 3.87. The van der Waals surface area contributed by atoms with Gasteiger partial charge in [0.15, 0.2) is 0 Å². The molecule has 0 saturated carbocycles. The molecule has 0 unspecified atom stereocenters. The molecule has 4 rings (SSSR count). The highest BCUT2D eigenvalue weighted by atomic mass is 79.9. The zero-order valence-electron chi connectivity index (χ0n) is 14.3. The second-order valence-corrected chi connectivity index (χ2v) is 9.39. The number of aromatic nitrogens is 2. The minimum atomic E-state index is -0.0747. The zero-order valence-corrected chi connectivity index (χ0v) is 18.3. The lowest BCUT2D eigenvalue weighted by Crippen LogP contribution is -2.22. The number of thiophene rings is 1. The first-order chi connectivity index (χ1) is 13.0. The van der Waals surface area contributed by atoms with Gasteiger partial charge in [-0.2, -0.15) is 0 Å². The van der Waals surface area contributed by atoms with E-state index in [0.717, 1.165) is 24.4 Å². The Labute approximate surface area is 177 Å². The van der Waals surface area contributed by atoms with Gasteiger partial charge >= 0.3 is 0 Å². The standard InChI is InChI=1S/C21H14Br2N2OS/c1-13-12-14(6-9-17(13)22)25-20(11-8-15-7-10-19(23)27-15)24-18-5-3-2-4-16(18)21(25)26/h2-12H,1H3. The Balaban J connectivity index is 1.96. The van der Waals surface area contributed by atoms with E-state index in [4.69, 9.17) is 4.98 Å². The zero-order chi connectivity index (χ0) is 19.0. The second kappa shape index (κ2) is 7.54. The van der Waals surface area contributed by atoms with E-state index in [9.17, 15) is 4.79 Å². The van der Waals surface area contributed by atoms with Gasteiger partial charge < -0.3 is 0 Å². The maximum absolute atomic E-state index is 13.2. The van der Waals surface area contributed by atoms with Gasteiger partial charge in [-0.3, -0.25) is 9.36 Å². The van der Waals surface area contributed by atoms with Crippen LogP contribution in [-0.2, 0) is 0 Å². The quantitative estimate of drug-likeness (QED) is 0.323. The summed E-state index contributed by atoms with van der Waals surface area (Å²) in [5.74, 6) is 0.602. The van der Waals surface area contributed by atoms with Crippen molar-refractivity contribution in [2.24, 2.45) is 0 Å². The number of aryl methyl sites for hydroxylation is 1. The van der Waals surface area contributed by atoms with Gasteiger partial charge in [0, 0.05) is 9.35 Å². The molecular formula is C21H14Br2N2OS. The molecule has 6 heteroatoms. The Kier molecular flexibility index (Phi) is 5.12. The molecule has 0 radical (unpaired) electrons. The maximum Gasteiger partial charge on any atom is 0.266 e. The molecule has 0 aliphatic rings. The van der Waals surface area contributed by atoms with Crippen LogP contribution in [0.4, 0.5) is 0 Å². The number of fused-ring (bicyclic) bond motifs is 1. The van der Waals surface area contributed by atoms with E-state index < -0.39 is 0 Å². The summed E-state index contributed by atoms with van der Waals surface area (Å²) in [6, 6.07) is 17.3. The van der Waals surface area contributed by atoms with Gasteiger partial charge in [0.05, 0.1) is 20.4 Å². The van der Waals surface area contributed by atoms with E-state index in [1.807, 2.05) is 73.7 Å². The SMILES string of the molecule is Cc1cc(-n2c(C=Cc3ccc(Br)s3)nc3ccccc3c2=O)ccc1Br. The molecule has 3 nitrogen and oxygen atoms in total. The predicted octanol–water partition coefficient (Wildman–Crippen LogP) is 6.45. The third kappa shape index (κ3) is 3.70. The maximum atomic E-state index is 13.2. The highest BCUT2D eigenvalue weighted by Crippen LogP contribution is 2.25. The molecule has 0 aliphatic heterocycles. The summed E-state index contributed by atoms with van der Waals surface area (Å²) < 4.78 is 3.74. The molecule has 0 N–H and O–H groups in total. The normalized spacial score (nSPS) is 11.5. The van der Waals surface area contributed by atoms with Gasteiger partial charge in [-0.05, 0) is 83.0 Å². The lowest BCUT2D eigenvalue weighted by molar-refractivity contribution is 0.941. The number of rotatable bonds is 3. The van der Waals surface area contributed by atoms with Gasteiger partial charge in [-0.1, -0.05) is 28.1 Å². The van der Waals surface area contributed by atoms with E-state index in [0.29, 0.717) is 16.7 Å². The van der Waals surface area contributed by atoms with Crippen molar-refractivity contribution in [3.8, 4) is 5.69 Å². The van der Waals surface area contributed by atoms with Gasteiger partial charge in [0.1, 0.15) is 5.82 Å². The number of hydrogen-bond acceptors (Lipinski definition) is 3. The van der Waals surface area contributed by atoms with Gasteiger partial charge in [0.2, 0.25) is 0 Å². The fourth-order valence-electron chi connectivity index (χ4n) is 2.85. The Bertz CT molecular complexity index is 1240. The average Bonchev–Trinajstić information content (AvgIpc) is 3.08. The molecule has 4 aromatic rings. The topological polar surface area (TPSA) is 34.9 Å². The van der Waals surface area contributed by atoms with Crippen molar-refractivity contribution in [1.82, 2.24) is 9.55 Å².